The number of benzene rings is 2. The molecule has 0 spiro atoms. The molecule has 0 fully saturated rings. The van der Waals surface area contributed by atoms with Crippen molar-refractivity contribution in [3.8, 4) is 0 Å². The molecular weight excluding hydrogens is 373 g/mol. The van der Waals surface area contributed by atoms with E-state index in [-0.39, 0.29) is 36.6 Å². The normalized spacial score (nSPS) is 13.0. The molecular formula is C19H25Cl2N3O2. The van der Waals surface area contributed by atoms with Crippen LogP contribution >= 0.6 is 24.8 Å². The average molecular weight is 398 g/mol. The van der Waals surface area contributed by atoms with Gasteiger partial charge in [0.05, 0.1) is 0 Å². The van der Waals surface area contributed by atoms with Gasteiger partial charge in [-0.1, -0.05) is 26.0 Å². The van der Waals surface area contributed by atoms with Crippen molar-refractivity contribution in [2.75, 3.05) is 31.9 Å². The molecule has 5 nitrogen and oxygen atoms in total. The Bertz CT molecular complexity index is 784. The predicted molar refractivity (Wildman–Crippen MR) is 111 cm³/mol. The third-order valence-corrected chi connectivity index (χ3v) is 4.78. The van der Waals surface area contributed by atoms with Crippen molar-refractivity contribution in [1.82, 2.24) is 9.80 Å². The number of anilines is 1. The summed E-state index contributed by atoms with van der Waals surface area (Å²) in [6, 6.07) is 8.92. The maximum atomic E-state index is 12.8. The van der Waals surface area contributed by atoms with Crippen molar-refractivity contribution in [3.05, 3.63) is 41.5 Å². The number of nitrogens with two attached hydrogens (primary N) is 1. The lowest BCUT2D eigenvalue weighted by Gasteiger charge is -2.28. The minimum absolute atomic E-state index is 0. The van der Waals surface area contributed by atoms with Crippen LogP contribution in [-0.4, -0.2) is 47.8 Å². The van der Waals surface area contributed by atoms with Gasteiger partial charge in [-0.3, -0.25) is 14.5 Å². The number of hydrogen-bond donors (Lipinski definition) is 1. The van der Waals surface area contributed by atoms with Crippen LogP contribution in [0.2, 0.25) is 0 Å². The first-order valence-electron chi connectivity index (χ1n) is 8.48. The van der Waals surface area contributed by atoms with Crippen LogP contribution < -0.4 is 5.73 Å². The molecule has 0 radical (unpaired) electrons. The van der Waals surface area contributed by atoms with E-state index in [1.807, 2.05) is 12.1 Å². The van der Waals surface area contributed by atoms with Gasteiger partial charge in [0.2, 0.25) is 0 Å². The number of rotatable bonds is 6. The van der Waals surface area contributed by atoms with Gasteiger partial charge in [0.1, 0.15) is 0 Å². The number of nitrogens with zero attached hydrogens (tertiary/aromatic N) is 2. The molecule has 2 aromatic carbocycles. The van der Waals surface area contributed by atoms with Gasteiger partial charge in [-0.15, -0.1) is 24.8 Å². The van der Waals surface area contributed by atoms with Gasteiger partial charge in [-0.2, -0.15) is 0 Å². The van der Waals surface area contributed by atoms with E-state index in [0.717, 1.165) is 31.4 Å². The van der Waals surface area contributed by atoms with Crippen LogP contribution in [0.1, 0.15) is 41.0 Å². The van der Waals surface area contributed by atoms with E-state index in [4.69, 9.17) is 5.73 Å². The van der Waals surface area contributed by atoms with Gasteiger partial charge < -0.3 is 10.6 Å². The van der Waals surface area contributed by atoms with Crippen LogP contribution in [-0.2, 0) is 0 Å². The fourth-order valence-corrected chi connectivity index (χ4v) is 3.36. The topological polar surface area (TPSA) is 66.6 Å². The third kappa shape index (κ3) is 3.80. The third-order valence-electron chi connectivity index (χ3n) is 4.78. The largest absolute Gasteiger partial charge is 0.398 e. The van der Waals surface area contributed by atoms with Crippen molar-refractivity contribution in [2.45, 2.75) is 20.3 Å². The van der Waals surface area contributed by atoms with Gasteiger partial charge in [0.25, 0.3) is 11.8 Å². The SMILES string of the molecule is CCN(CC)CCCN1C(=O)c2cccc3c(N)ccc(c23)C1=O.Cl.Cl. The molecule has 0 saturated carbocycles. The first-order chi connectivity index (χ1) is 11.6. The maximum Gasteiger partial charge on any atom is 0.261 e. The van der Waals surface area contributed by atoms with Crippen LogP contribution in [0.25, 0.3) is 10.8 Å². The van der Waals surface area contributed by atoms with Crippen molar-refractivity contribution in [2.24, 2.45) is 0 Å². The summed E-state index contributed by atoms with van der Waals surface area (Å²) in [5.41, 5.74) is 7.72. The zero-order valence-corrected chi connectivity index (χ0v) is 16.7. The van der Waals surface area contributed by atoms with Crippen LogP contribution in [0.4, 0.5) is 5.69 Å². The maximum absolute atomic E-state index is 12.8. The van der Waals surface area contributed by atoms with Crippen molar-refractivity contribution in [3.63, 3.8) is 0 Å². The number of carbonyl (C=O) groups is 2. The van der Waals surface area contributed by atoms with Crippen molar-refractivity contribution < 1.29 is 9.59 Å². The second-order valence-corrected chi connectivity index (χ2v) is 6.07. The minimum Gasteiger partial charge on any atom is -0.398 e. The summed E-state index contributed by atoms with van der Waals surface area (Å²) in [5.74, 6) is -0.438. The molecule has 2 aromatic rings. The molecule has 0 unspecified atom stereocenters. The van der Waals surface area contributed by atoms with Gasteiger partial charge in [0, 0.05) is 34.1 Å². The monoisotopic (exact) mass is 397 g/mol. The highest BCUT2D eigenvalue weighted by atomic mass is 35.5. The predicted octanol–water partition coefficient (Wildman–Crippen LogP) is 3.59. The molecule has 1 aliphatic heterocycles. The molecule has 1 heterocycles. The lowest BCUT2D eigenvalue weighted by atomic mass is 9.93. The van der Waals surface area contributed by atoms with Crippen LogP contribution in [0.3, 0.4) is 0 Å². The Balaban J connectivity index is 0.00000169. The van der Waals surface area contributed by atoms with E-state index in [1.54, 1.807) is 18.2 Å². The van der Waals surface area contributed by atoms with Crippen molar-refractivity contribution >= 4 is 53.1 Å². The second-order valence-electron chi connectivity index (χ2n) is 6.07. The summed E-state index contributed by atoms with van der Waals surface area (Å²) >= 11 is 0. The minimum atomic E-state index is -0.219. The quantitative estimate of drug-likeness (QED) is 0.597. The molecule has 7 heteroatoms. The van der Waals surface area contributed by atoms with Crippen LogP contribution in [0.5, 0.6) is 0 Å². The zero-order chi connectivity index (χ0) is 17.3. The van der Waals surface area contributed by atoms with Gasteiger partial charge in [-0.05, 0) is 44.3 Å². The molecule has 2 N–H and O–H groups in total. The molecule has 0 atom stereocenters. The van der Waals surface area contributed by atoms with Crippen LogP contribution in [0.15, 0.2) is 30.3 Å². The number of carbonyl (C=O) groups excluding carboxylic acids is 2. The Morgan fingerprint density at radius 2 is 1.58 bits per heavy atom. The first kappa shape index (κ1) is 22.2. The molecule has 1 aliphatic rings. The molecule has 26 heavy (non-hydrogen) atoms. The van der Waals surface area contributed by atoms with E-state index in [0.29, 0.717) is 28.7 Å². The summed E-state index contributed by atoms with van der Waals surface area (Å²) < 4.78 is 0. The number of amides is 2. The number of imide groups is 1. The highest BCUT2D eigenvalue weighted by Crippen LogP contribution is 2.33. The fourth-order valence-electron chi connectivity index (χ4n) is 3.36. The van der Waals surface area contributed by atoms with E-state index in [9.17, 15) is 9.59 Å². The highest BCUT2D eigenvalue weighted by Gasteiger charge is 2.32. The second kappa shape index (κ2) is 9.21. The summed E-state index contributed by atoms with van der Waals surface area (Å²) in [4.78, 5) is 29.2. The Morgan fingerprint density at radius 1 is 0.962 bits per heavy atom. The highest BCUT2D eigenvalue weighted by molar-refractivity contribution is 6.26. The number of hydrogen-bond acceptors (Lipinski definition) is 4. The zero-order valence-electron chi connectivity index (χ0n) is 15.0. The Labute approximate surface area is 166 Å². The van der Waals surface area contributed by atoms with Crippen LogP contribution in [0, 0.1) is 0 Å². The van der Waals surface area contributed by atoms with E-state index in [1.165, 1.54) is 4.90 Å². The van der Waals surface area contributed by atoms with E-state index < -0.39 is 0 Å². The molecule has 0 bridgehead atoms. The fraction of sp³-hybridized carbons (Fsp3) is 0.368. The summed E-state index contributed by atoms with van der Waals surface area (Å²) in [6.45, 7) is 7.49. The van der Waals surface area contributed by atoms with E-state index in [2.05, 4.69) is 18.7 Å². The Morgan fingerprint density at radius 3 is 2.19 bits per heavy atom. The average Bonchev–Trinajstić information content (AvgIpc) is 2.60. The summed E-state index contributed by atoms with van der Waals surface area (Å²) in [7, 11) is 0. The molecule has 142 valence electrons. The Hall–Kier alpha value is -1.82. The van der Waals surface area contributed by atoms with Gasteiger partial charge in [0.15, 0.2) is 0 Å². The Kier molecular flexibility index (Phi) is 7.87. The smallest absolute Gasteiger partial charge is 0.261 e. The summed E-state index contributed by atoms with van der Waals surface area (Å²) in [6.07, 6.45) is 0.777. The molecule has 0 saturated heterocycles. The molecule has 0 aliphatic carbocycles. The first-order valence-corrected chi connectivity index (χ1v) is 8.48. The molecule has 0 aromatic heterocycles. The lowest BCUT2D eigenvalue weighted by molar-refractivity contribution is 0.0604. The van der Waals surface area contributed by atoms with Crippen molar-refractivity contribution in [1.29, 1.82) is 0 Å². The lowest BCUT2D eigenvalue weighted by Crippen LogP contribution is -2.41. The molecule has 3 rings (SSSR count). The number of halogens is 2. The van der Waals surface area contributed by atoms with E-state index >= 15 is 0 Å². The number of nitrogen functional groups attached to an aromatic ring is 1. The van der Waals surface area contributed by atoms with Gasteiger partial charge in [-0.25, -0.2) is 0 Å². The van der Waals surface area contributed by atoms with Gasteiger partial charge >= 0.3 is 0 Å². The standard InChI is InChI=1S/C19H23N3O2.2ClH/c1-3-21(4-2)11-6-12-22-18(23)14-8-5-7-13-16(20)10-9-15(17(13)14)19(22)24;;/h5,7-10H,3-4,6,11-12,20H2,1-2H3;2*1H. The molecule has 2 amide bonds. The summed E-state index contributed by atoms with van der Waals surface area (Å²) in [5, 5.41) is 1.46.